The Bertz CT molecular complexity index is 514. The van der Waals surface area contributed by atoms with Crippen LogP contribution in [0.5, 0.6) is 0 Å². The molecule has 6 nitrogen and oxygen atoms in total. The van der Waals surface area contributed by atoms with Crippen molar-refractivity contribution < 1.29 is 4.79 Å². The van der Waals surface area contributed by atoms with E-state index >= 15 is 0 Å². The minimum absolute atomic E-state index is 0.133. The summed E-state index contributed by atoms with van der Waals surface area (Å²) in [7, 11) is 0. The van der Waals surface area contributed by atoms with Gasteiger partial charge >= 0.3 is 0 Å². The maximum atomic E-state index is 11.8. The van der Waals surface area contributed by atoms with Gasteiger partial charge < -0.3 is 16.0 Å². The van der Waals surface area contributed by atoms with Gasteiger partial charge in [-0.05, 0) is 19.1 Å². The highest BCUT2D eigenvalue weighted by Gasteiger charge is 2.18. The smallest absolute Gasteiger partial charge is 0.269 e. The van der Waals surface area contributed by atoms with Crippen LogP contribution in [0.2, 0.25) is 0 Å². The number of amides is 1. The van der Waals surface area contributed by atoms with Crippen LogP contribution in [0.4, 0.5) is 5.69 Å². The fourth-order valence-electron chi connectivity index (χ4n) is 2.38. The Labute approximate surface area is 130 Å². The van der Waals surface area contributed by atoms with E-state index in [9.17, 15) is 4.79 Å². The van der Waals surface area contributed by atoms with E-state index in [0.29, 0.717) is 23.8 Å². The van der Waals surface area contributed by atoms with Gasteiger partial charge in [0, 0.05) is 51.2 Å². The molecule has 0 atom stereocenters. The van der Waals surface area contributed by atoms with Crippen LogP contribution in [0.15, 0.2) is 18.3 Å². The number of nitrogens with one attached hydrogen (secondary N) is 1. The lowest BCUT2D eigenvalue weighted by Gasteiger charge is -2.35. The predicted molar refractivity (Wildman–Crippen MR) is 87.7 cm³/mol. The summed E-state index contributed by atoms with van der Waals surface area (Å²) in [5, 5.41) is 2.76. The minimum Gasteiger partial charge on any atom is -0.392 e. The number of carbonyl (C=O) groups is 1. The molecule has 1 amide bonds. The monoisotopic (exact) mass is 307 g/mol. The normalized spacial score (nSPS) is 15.8. The Kier molecular flexibility index (Phi) is 5.46. The Hall–Kier alpha value is -1.73. The van der Waals surface area contributed by atoms with Gasteiger partial charge in [0.15, 0.2) is 0 Å². The molecule has 0 aromatic carbocycles. The molecule has 0 unspecified atom stereocenters. The number of nitrogens with zero attached hydrogens (tertiary/aromatic N) is 3. The van der Waals surface area contributed by atoms with Crippen LogP contribution in [-0.2, 0) is 0 Å². The Balaban J connectivity index is 1.98. The Morgan fingerprint density at radius 3 is 2.76 bits per heavy atom. The van der Waals surface area contributed by atoms with Crippen LogP contribution in [0.1, 0.15) is 17.4 Å². The zero-order chi connectivity index (χ0) is 15.2. The Morgan fingerprint density at radius 1 is 1.43 bits per heavy atom. The summed E-state index contributed by atoms with van der Waals surface area (Å²) in [6, 6.07) is 3.78. The maximum absolute atomic E-state index is 11.8. The Morgan fingerprint density at radius 2 is 2.14 bits per heavy atom. The molecule has 0 bridgehead atoms. The van der Waals surface area contributed by atoms with Crippen molar-refractivity contribution in [3.63, 3.8) is 0 Å². The average molecular weight is 307 g/mol. The van der Waals surface area contributed by atoms with E-state index in [-0.39, 0.29) is 5.91 Å². The highest BCUT2D eigenvalue weighted by Crippen LogP contribution is 2.16. The highest BCUT2D eigenvalue weighted by molar-refractivity contribution is 7.80. The predicted octanol–water partition coefficient (Wildman–Crippen LogP) is 0.239. The molecule has 0 saturated carbocycles. The largest absolute Gasteiger partial charge is 0.392 e. The number of rotatable bonds is 5. The number of carbonyl (C=O) groups excluding carboxylic acids is 1. The lowest BCUT2D eigenvalue weighted by molar-refractivity contribution is 0.0951. The fourth-order valence-corrected chi connectivity index (χ4v) is 2.56. The standard InChI is InChI=1S/C14H21N5OS/c1-2-16-14(20)12-9-11(3-4-17-12)19-7-5-18(6-8-19)10-13(15)21/h3-4,9H,2,5-8,10H2,1H3,(H2,15,21)(H,16,20). The van der Waals surface area contributed by atoms with Crippen molar-refractivity contribution in [2.45, 2.75) is 6.92 Å². The number of nitrogens with two attached hydrogens (primary N) is 1. The van der Waals surface area contributed by atoms with E-state index in [1.807, 2.05) is 19.1 Å². The average Bonchev–Trinajstić information content (AvgIpc) is 2.48. The molecular weight excluding hydrogens is 286 g/mol. The van der Waals surface area contributed by atoms with Gasteiger partial charge in [0.05, 0.1) is 4.99 Å². The zero-order valence-electron chi connectivity index (χ0n) is 12.2. The molecule has 21 heavy (non-hydrogen) atoms. The van der Waals surface area contributed by atoms with Gasteiger partial charge in [-0.2, -0.15) is 0 Å². The number of piperazine rings is 1. The third-order valence-electron chi connectivity index (χ3n) is 3.43. The lowest BCUT2D eigenvalue weighted by Crippen LogP contribution is -2.48. The van der Waals surface area contributed by atoms with E-state index in [0.717, 1.165) is 31.9 Å². The molecule has 1 aliphatic rings. The number of hydrogen-bond donors (Lipinski definition) is 2. The van der Waals surface area contributed by atoms with Crippen molar-refractivity contribution in [3.05, 3.63) is 24.0 Å². The van der Waals surface area contributed by atoms with E-state index in [1.54, 1.807) is 6.20 Å². The second-order valence-corrected chi connectivity index (χ2v) is 5.51. The first kappa shape index (κ1) is 15.7. The zero-order valence-corrected chi connectivity index (χ0v) is 13.0. The topological polar surface area (TPSA) is 74.5 Å². The van der Waals surface area contributed by atoms with Gasteiger partial charge in [-0.1, -0.05) is 12.2 Å². The molecule has 0 spiro atoms. The summed E-state index contributed by atoms with van der Waals surface area (Å²) < 4.78 is 0. The maximum Gasteiger partial charge on any atom is 0.269 e. The summed E-state index contributed by atoms with van der Waals surface area (Å²) in [5.74, 6) is -0.133. The van der Waals surface area contributed by atoms with Crippen molar-refractivity contribution in [2.24, 2.45) is 5.73 Å². The summed E-state index contributed by atoms with van der Waals surface area (Å²) in [5.41, 5.74) is 7.06. The summed E-state index contributed by atoms with van der Waals surface area (Å²) in [6.45, 7) is 6.77. The molecule has 3 N–H and O–H groups in total. The number of anilines is 1. The molecule has 1 aromatic heterocycles. The van der Waals surface area contributed by atoms with Crippen molar-refractivity contribution in [2.75, 3.05) is 44.2 Å². The number of aromatic nitrogens is 1. The molecule has 1 aromatic rings. The third kappa shape index (κ3) is 4.37. The van der Waals surface area contributed by atoms with Gasteiger partial charge in [-0.25, -0.2) is 0 Å². The summed E-state index contributed by atoms with van der Waals surface area (Å²) in [4.78, 5) is 21.0. The molecule has 2 heterocycles. The van der Waals surface area contributed by atoms with E-state index in [1.165, 1.54) is 0 Å². The number of hydrogen-bond acceptors (Lipinski definition) is 5. The van der Waals surface area contributed by atoms with Crippen LogP contribution in [0.3, 0.4) is 0 Å². The first-order valence-electron chi connectivity index (χ1n) is 7.10. The van der Waals surface area contributed by atoms with Gasteiger partial charge in [0.25, 0.3) is 5.91 Å². The first-order chi connectivity index (χ1) is 10.1. The number of pyridine rings is 1. The summed E-state index contributed by atoms with van der Waals surface area (Å²) >= 11 is 4.94. The molecule has 1 aliphatic heterocycles. The first-order valence-corrected chi connectivity index (χ1v) is 7.51. The molecule has 1 fully saturated rings. The van der Waals surface area contributed by atoms with Crippen LogP contribution in [0.25, 0.3) is 0 Å². The fraction of sp³-hybridized carbons (Fsp3) is 0.500. The van der Waals surface area contributed by atoms with Crippen molar-refractivity contribution in [3.8, 4) is 0 Å². The number of thiocarbonyl (C=S) groups is 1. The van der Waals surface area contributed by atoms with Crippen molar-refractivity contribution in [1.82, 2.24) is 15.2 Å². The van der Waals surface area contributed by atoms with E-state index in [2.05, 4.69) is 20.1 Å². The molecular formula is C14H21N5OS. The quantitative estimate of drug-likeness (QED) is 0.759. The van der Waals surface area contributed by atoms with Gasteiger partial charge in [-0.3, -0.25) is 14.7 Å². The van der Waals surface area contributed by atoms with Crippen LogP contribution in [0, 0.1) is 0 Å². The van der Waals surface area contributed by atoms with Gasteiger partial charge in [0.1, 0.15) is 5.69 Å². The van der Waals surface area contributed by atoms with Gasteiger partial charge in [0.2, 0.25) is 0 Å². The highest BCUT2D eigenvalue weighted by atomic mass is 32.1. The molecule has 0 aliphatic carbocycles. The van der Waals surface area contributed by atoms with Crippen LogP contribution >= 0.6 is 12.2 Å². The van der Waals surface area contributed by atoms with Crippen LogP contribution in [-0.4, -0.2) is 60.0 Å². The second kappa shape index (κ2) is 7.33. The van der Waals surface area contributed by atoms with Gasteiger partial charge in [-0.15, -0.1) is 0 Å². The summed E-state index contributed by atoms with van der Waals surface area (Å²) in [6.07, 6.45) is 1.68. The van der Waals surface area contributed by atoms with Crippen molar-refractivity contribution >= 4 is 28.8 Å². The second-order valence-electron chi connectivity index (χ2n) is 4.99. The molecule has 2 rings (SSSR count). The van der Waals surface area contributed by atoms with E-state index < -0.39 is 0 Å². The SMILES string of the molecule is CCNC(=O)c1cc(N2CCN(CC(N)=S)CC2)ccn1. The lowest BCUT2D eigenvalue weighted by atomic mass is 10.2. The minimum atomic E-state index is -0.133. The third-order valence-corrected chi connectivity index (χ3v) is 3.56. The molecule has 1 saturated heterocycles. The molecule has 114 valence electrons. The molecule has 7 heteroatoms. The van der Waals surface area contributed by atoms with Crippen LogP contribution < -0.4 is 16.0 Å². The van der Waals surface area contributed by atoms with Crippen molar-refractivity contribution in [1.29, 1.82) is 0 Å². The van der Waals surface area contributed by atoms with E-state index in [4.69, 9.17) is 18.0 Å². The molecule has 0 radical (unpaired) electrons.